The van der Waals surface area contributed by atoms with Gasteiger partial charge >= 0.3 is 0 Å². The number of rotatable bonds is 6. The number of hydrogen-bond acceptors (Lipinski definition) is 4. The lowest BCUT2D eigenvalue weighted by molar-refractivity contribution is -0.117. The number of amides is 1. The zero-order chi connectivity index (χ0) is 19.8. The summed E-state index contributed by atoms with van der Waals surface area (Å²) in [6, 6.07) is 10.7. The Morgan fingerprint density at radius 3 is 2.56 bits per heavy atom. The van der Waals surface area contributed by atoms with Gasteiger partial charge in [-0.05, 0) is 42.2 Å². The molecular formula is C19H21FN2O4S. The van der Waals surface area contributed by atoms with Gasteiger partial charge < -0.3 is 10.1 Å². The minimum absolute atomic E-state index is 0.0463. The van der Waals surface area contributed by atoms with E-state index in [9.17, 15) is 17.6 Å². The van der Waals surface area contributed by atoms with Crippen molar-refractivity contribution in [3.63, 3.8) is 0 Å². The number of methoxy groups -OCH3 is 1. The summed E-state index contributed by atoms with van der Waals surface area (Å²) in [5.74, 6) is -0.800. The van der Waals surface area contributed by atoms with Crippen LogP contribution in [0, 0.1) is 11.7 Å². The fraction of sp³-hybridized carbons (Fsp3) is 0.316. The monoisotopic (exact) mass is 392 g/mol. The van der Waals surface area contributed by atoms with Crippen molar-refractivity contribution in [1.82, 2.24) is 4.31 Å². The maximum Gasteiger partial charge on any atom is 0.242 e. The number of benzene rings is 2. The normalized spacial score (nSPS) is 19.0. The molecule has 1 amide bonds. The second kappa shape index (κ2) is 7.28. The third-order valence-electron chi connectivity index (χ3n) is 4.64. The van der Waals surface area contributed by atoms with Crippen LogP contribution in [0.15, 0.2) is 47.4 Å². The van der Waals surface area contributed by atoms with Crippen molar-refractivity contribution in [3.8, 4) is 5.75 Å². The molecule has 6 nitrogen and oxygen atoms in total. The number of anilines is 1. The Labute approximate surface area is 158 Å². The number of carbonyl (C=O) groups is 1. The van der Waals surface area contributed by atoms with Gasteiger partial charge in [-0.3, -0.25) is 4.79 Å². The number of halogens is 1. The van der Waals surface area contributed by atoms with Crippen LogP contribution in [-0.4, -0.2) is 39.8 Å². The highest BCUT2D eigenvalue weighted by Crippen LogP contribution is 2.49. The van der Waals surface area contributed by atoms with Crippen molar-refractivity contribution >= 4 is 21.6 Å². The molecule has 2 unspecified atom stereocenters. The largest absolute Gasteiger partial charge is 0.495 e. The molecule has 2 atom stereocenters. The molecule has 1 aliphatic rings. The summed E-state index contributed by atoms with van der Waals surface area (Å²) in [4.78, 5) is 12.6. The van der Waals surface area contributed by atoms with Crippen LogP contribution < -0.4 is 10.1 Å². The molecule has 3 rings (SSSR count). The molecule has 0 aliphatic heterocycles. The average molecular weight is 392 g/mol. The molecular weight excluding hydrogens is 371 g/mol. The van der Waals surface area contributed by atoms with E-state index in [1.807, 2.05) is 0 Å². The van der Waals surface area contributed by atoms with E-state index in [0.717, 1.165) is 4.31 Å². The molecule has 0 radical (unpaired) electrons. The molecule has 27 heavy (non-hydrogen) atoms. The zero-order valence-corrected chi connectivity index (χ0v) is 16.1. The number of hydrogen-bond donors (Lipinski definition) is 1. The van der Waals surface area contributed by atoms with Gasteiger partial charge in [-0.15, -0.1) is 0 Å². The van der Waals surface area contributed by atoms with Crippen molar-refractivity contribution in [2.75, 3.05) is 26.5 Å². The third kappa shape index (κ3) is 3.81. The Hall–Kier alpha value is -2.45. The molecule has 0 spiro atoms. The van der Waals surface area contributed by atoms with Crippen LogP contribution in [0.4, 0.5) is 10.1 Å². The van der Waals surface area contributed by atoms with E-state index < -0.39 is 10.0 Å². The number of nitrogens with zero attached hydrogens (tertiary/aromatic N) is 1. The Balaban J connectivity index is 1.81. The minimum atomic E-state index is -3.65. The van der Waals surface area contributed by atoms with Crippen molar-refractivity contribution in [1.29, 1.82) is 0 Å². The third-order valence-corrected chi connectivity index (χ3v) is 6.45. The SMILES string of the molecule is COc1ccc(S(=O)(=O)N(C)C)cc1NC(=O)C1CC1c1ccccc1F. The highest BCUT2D eigenvalue weighted by Gasteiger charge is 2.45. The van der Waals surface area contributed by atoms with Crippen molar-refractivity contribution in [2.24, 2.45) is 5.92 Å². The maximum atomic E-state index is 13.9. The quantitative estimate of drug-likeness (QED) is 0.820. The summed E-state index contributed by atoms with van der Waals surface area (Å²) in [6.07, 6.45) is 0.546. The standard InChI is InChI=1S/C19H21FN2O4S/c1-22(2)27(24,25)12-8-9-18(26-3)17(10-12)21-19(23)15-11-14(15)13-6-4-5-7-16(13)20/h4-10,14-15H,11H2,1-3H3,(H,21,23). The number of ether oxygens (including phenoxy) is 1. The summed E-state index contributed by atoms with van der Waals surface area (Å²) in [5, 5.41) is 2.72. The smallest absolute Gasteiger partial charge is 0.242 e. The number of nitrogens with one attached hydrogen (secondary N) is 1. The predicted molar refractivity (Wildman–Crippen MR) is 99.7 cm³/mol. The lowest BCUT2D eigenvalue weighted by Gasteiger charge is -2.15. The maximum absolute atomic E-state index is 13.9. The van der Waals surface area contributed by atoms with Crippen LogP contribution in [0.2, 0.25) is 0 Å². The van der Waals surface area contributed by atoms with E-state index in [1.165, 1.54) is 45.5 Å². The van der Waals surface area contributed by atoms with Gasteiger partial charge in [0.2, 0.25) is 15.9 Å². The summed E-state index contributed by atoms with van der Waals surface area (Å²) >= 11 is 0. The predicted octanol–water partition coefficient (Wildman–Crippen LogP) is 2.83. The lowest BCUT2D eigenvalue weighted by atomic mass is 10.1. The highest BCUT2D eigenvalue weighted by atomic mass is 32.2. The van der Waals surface area contributed by atoms with Crippen LogP contribution >= 0.6 is 0 Å². The summed E-state index contributed by atoms with van der Waals surface area (Å²) in [6.45, 7) is 0. The van der Waals surface area contributed by atoms with E-state index >= 15 is 0 Å². The van der Waals surface area contributed by atoms with Gasteiger partial charge in [0, 0.05) is 20.0 Å². The van der Waals surface area contributed by atoms with Gasteiger partial charge in [0.1, 0.15) is 11.6 Å². The molecule has 8 heteroatoms. The van der Waals surface area contributed by atoms with Crippen LogP contribution in [-0.2, 0) is 14.8 Å². The molecule has 1 aliphatic carbocycles. The van der Waals surface area contributed by atoms with Gasteiger partial charge in [0.05, 0.1) is 17.7 Å². The molecule has 2 aromatic carbocycles. The van der Waals surface area contributed by atoms with Crippen molar-refractivity contribution in [3.05, 3.63) is 53.8 Å². The van der Waals surface area contributed by atoms with Gasteiger partial charge in [0.15, 0.2) is 0 Å². The Bertz CT molecular complexity index is 975. The Kier molecular flexibility index (Phi) is 5.21. The van der Waals surface area contributed by atoms with E-state index in [1.54, 1.807) is 18.2 Å². The molecule has 1 fully saturated rings. The molecule has 144 valence electrons. The summed E-state index contributed by atoms with van der Waals surface area (Å²) in [7, 11) is 0.651. The summed E-state index contributed by atoms with van der Waals surface area (Å²) < 4.78 is 44.9. The first-order valence-corrected chi connectivity index (χ1v) is 9.85. The lowest BCUT2D eigenvalue weighted by Crippen LogP contribution is -2.22. The second-order valence-corrected chi connectivity index (χ2v) is 8.76. The highest BCUT2D eigenvalue weighted by molar-refractivity contribution is 7.89. The fourth-order valence-corrected chi connectivity index (χ4v) is 3.91. The molecule has 1 saturated carbocycles. The van der Waals surface area contributed by atoms with Crippen LogP contribution in [0.1, 0.15) is 17.9 Å². The van der Waals surface area contributed by atoms with E-state index in [4.69, 9.17) is 4.74 Å². The molecule has 0 bridgehead atoms. The van der Waals surface area contributed by atoms with Crippen molar-refractivity contribution < 1.29 is 22.3 Å². The minimum Gasteiger partial charge on any atom is -0.495 e. The van der Waals surface area contributed by atoms with E-state index in [2.05, 4.69) is 5.32 Å². The van der Waals surface area contributed by atoms with Gasteiger partial charge in [-0.2, -0.15) is 0 Å². The van der Waals surface area contributed by atoms with Gasteiger partial charge in [-0.25, -0.2) is 17.1 Å². The van der Waals surface area contributed by atoms with Crippen LogP contribution in [0.25, 0.3) is 0 Å². The fourth-order valence-electron chi connectivity index (χ4n) is 2.99. The first-order chi connectivity index (χ1) is 12.8. The second-order valence-electron chi connectivity index (χ2n) is 6.61. The van der Waals surface area contributed by atoms with E-state index in [0.29, 0.717) is 17.7 Å². The zero-order valence-electron chi connectivity index (χ0n) is 15.3. The summed E-state index contributed by atoms with van der Waals surface area (Å²) in [5.41, 5.74) is 0.790. The number of carbonyl (C=O) groups excluding carboxylic acids is 1. The van der Waals surface area contributed by atoms with Crippen LogP contribution in [0.5, 0.6) is 5.75 Å². The first-order valence-electron chi connectivity index (χ1n) is 8.41. The van der Waals surface area contributed by atoms with E-state index in [-0.39, 0.29) is 34.1 Å². The van der Waals surface area contributed by atoms with Crippen molar-refractivity contribution in [2.45, 2.75) is 17.2 Å². The Morgan fingerprint density at radius 1 is 1.22 bits per heavy atom. The Morgan fingerprint density at radius 2 is 1.93 bits per heavy atom. The average Bonchev–Trinajstić information content (AvgIpc) is 3.42. The topological polar surface area (TPSA) is 75.7 Å². The molecule has 1 N–H and O–H groups in total. The molecule has 0 heterocycles. The molecule has 2 aromatic rings. The van der Waals surface area contributed by atoms with Gasteiger partial charge in [-0.1, -0.05) is 18.2 Å². The molecule has 0 aromatic heterocycles. The van der Waals surface area contributed by atoms with Crippen LogP contribution in [0.3, 0.4) is 0 Å². The first kappa shape index (κ1) is 19.3. The number of sulfonamides is 1. The molecule has 0 saturated heterocycles. The van der Waals surface area contributed by atoms with Gasteiger partial charge in [0.25, 0.3) is 0 Å².